The number of pyridine rings is 1. The summed E-state index contributed by atoms with van der Waals surface area (Å²) in [6.45, 7) is 2.09. The molecule has 1 aliphatic heterocycles. The number of piperidine rings is 1. The van der Waals surface area contributed by atoms with Gasteiger partial charge in [-0.2, -0.15) is 0 Å². The Labute approximate surface area is 123 Å². The van der Waals surface area contributed by atoms with Crippen LogP contribution in [-0.2, 0) is 11.3 Å². The summed E-state index contributed by atoms with van der Waals surface area (Å²) in [5.74, 6) is -0.0162. The monoisotopic (exact) mass is 285 g/mol. The zero-order valence-corrected chi connectivity index (χ0v) is 11.8. The molecule has 1 atom stereocenters. The molecule has 1 fully saturated rings. The van der Waals surface area contributed by atoms with E-state index in [1.54, 1.807) is 12.3 Å². The van der Waals surface area contributed by atoms with Gasteiger partial charge in [-0.25, -0.2) is 0 Å². The molecule has 1 amide bonds. The maximum atomic E-state index is 12.2. The van der Waals surface area contributed by atoms with Crippen molar-refractivity contribution in [3.05, 3.63) is 46.8 Å². The second-order valence-electron chi connectivity index (χ2n) is 5.44. The first kappa shape index (κ1) is 13.8. The minimum atomic E-state index is -0.0162. The number of amides is 1. The molecule has 1 aliphatic rings. The number of para-hydroxylation sites is 1. The van der Waals surface area contributed by atoms with Crippen molar-refractivity contribution in [3.63, 3.8) is 0 Å². The molecule has 2 heterocycles. The summed E-state index contributed by atoms with van der Waals surface area (Å²) in [6, 6.07) is 9.08. The number of fused-ring (bicyclic) bond motifs is 1. The van der Waals surface area contributed by atoms with Crippen LogP contribution in [0.5, 0.6) is 0 Å². The van der Waals surface area contributed by atoms with Crippen LogP contribution in [0.2, 0.25) is 0 Å². The Bertz CT molecular complexity index is 702. The summed E-state index contributed by atoms with van der Waals surface area (Å²) in [4.78, 5) is 24.0. The Balaban J connectivity index is 1.77. The highest BCUT2D eigenvalue weighted by atomic mass is 16.2. The van der Waals surface area contributed by atoms with Crippen LogP contribution in [0.25, 0.3) is 10.9 Å². The molecule has 1 aromatic heterocycles. The van der Waals surface area contributed by atoms with Gasteiger partial charge in [0.05, 0.1) is 5.52 Å². The molecule has 0 aliphatic carbocycles. The number of carbonyl (C=O) groups is 1. The van der Waals surface area contributed by atoms with Crippen molar-refractivity contribution in [2.24, 2.45) is 0 Å². The molecule has 2 N–H and O–H groups in total. The first-order valence-corrected chi connectivity index (χ1v) is 7.32. The number of hydrogen-bond donors (Lipinski definition) is 2. The van der Waals surface area contributed by atoms with Gasteiger partial charge in [-0.15, -0.1) is 0 Å². The van der Waals surface area contributed by atoms with Gasteiger partial charge in [0, 0.05) is 30.2 Å². The van der Waals surface area contributed by atoms with Gasteiger partial charge in [0.1, 0.15) is 6.54 Å². The van der Waals surface area contributed by atoms with Crippen LogP contribution in [0.1, 0.15) is 12.8 Å². The molecule has 0 spiro atoms. The van der Waals surface area contributed by atoms with Crippen molar-refractivity contribution in [2.45, 2.75) is 25.4 Å². The Morgan fingerprint density at radius 3 is 3.00 bits per heavy atom. The molecule has 5 heteroatoms. The number of hydrogen-bond acceptors (Lipinski definition) is 3. The summed E-state index contributed by atoms with van der Waals surface area (Å²) >= 11 is 0. The molecule has 0 unspecified atom stereocenters. The maximum absolute atomic E-state index is 12.2. The van der Waals surface area contributed by atoms with E-state index in [2.05, 4.69) is 10.6 Å². The van der Waals surface area contributed by atoms with Crippen LogP contribution < -0.4 is 16.1 Å². The fraction of sp³-hybridized carbons (Fsp3) is 0.375. The SMILES string of the molecule is O=C(Cn1ccc(=O)c2ccccc21)N[C@H]1CCCNC1. The summed E-state index contributed by atoms with van der Waals surface area (Å²) in [5.41, 5.74) is 0.778. The average Bonchev–Trinajstić information content (AvgIpc) is 2.51. The predicted octanol–water partition coefficient (Wildman–Crippen LogP) is 0.870. The molecule has 0 bridgehead atoms. The van der Waals surface area contributed by atoms with Gasteiger partial charge in [0.25, 0.3) is 0 Å². The Hall–Kier alpha value is -2.14. The molecule has 110 valence electrons. The molecule has 2 aromatic rings. The molecule has 3 rings (SSSR count). The topological polar surface area (TPSA) is 63.1 Å². The first-order valence-electron chi connectivity index (χ1n) is 7.32. The highest BCUT2D eigenvalue weighted by Gasteiger charge is 2.15. The summed E-state index contributed by atoms with van der Waals surface area (Å²) in [5, 5.41) is 6.97. The average molecular weight is 285 g/mol. The van der Waals surface area contributed by atoms with E-state index in [0.29, 0.717) is 5.39 Å². The molecule has 1 aromatic carbocycles. The first-order chi connectivity index (χ1) is 10.2. The third kappa shape index (κ3) is 3.13. The zero-order valence-electron chi connectivity index (χ0n) is 11.8. The lowest BCUT2D eigenvalue weighted by molar-refractivity contribution is -0.122. The molecular formula is C16H19N3O2. The molecule has 0 radical (unpaired) electrons. The normalized spacial score (nSPS) is 18.6. The molecular weight excluding hydrogens is 266 g/mol. The quantitative estimate of drug-likeness (QED) is 0.879. The summed E-state index contributed by atoms with van der Waals surface area (Å²) in [7, 11) is 0. The van der Waals surface area contributed by atoms with Crippen LogP contribution in [0.15, 0.2) is 41.3 Å². The summed E-state index contributed by atoms with van der Waals surface area (Å²) in [6.07, 6.45) is 3.79. The maximum Gasteiger partial charge on any atom is 0.240 e. The lowest BCUT2D eigenvalue weighted by Crippen LogP contribution is -2.46. The molecule has 5 nitrogen and oxygen atoms in total. The van der Waals surface area contributed by atoms with E-state index in [1.165, 1.54) is 6.07 Å². The van der Waals surface area contributed by atoms with Gasteiger partial charge < -0.3 is 15.2 Å². The zero-order chi connectivity index (χ0) is 14.7. The lowest BCUT2D eigenvalue weighted by Gasteiger charge is -2.24. The van der Waals surface area contributed by atoms with E-state index < -0.39 is 0 Å². The number of carbonyl (C=O) groups excluding carboxylic acids is 1. The number of nitrogens with one attached hydrogen (secondary N) is 2. The van der Waals surface area contributed by atoms with Crippen LogP contribution >= 0.6 is 0 Å². The second kappa shape index (κ2) is 6.10. The minimum absolute atomic E-state index is 0.0151. The third-order valence-corrected chi connectivity index (χ3v) is 3.86. The Kier molecular flexibility index (Phi) is 4.01. The fourth-order valence-electron chi connectivity index (χ4n) is 2.80. The van der Waals surface area contributed by atoms with E-state index >= 15 is 0 Å². The molecule has 1 saturated heterocycles. The predicted molar refractivity (Wildman–Crippen MR) is 82.2 cm³/mol. The van der Waals surface area contributed by atoms with E-state index in [4.69, 9.17) is 0 Å². The Morgan fingerprint density at radius 1 is 1.33 bits per heavy atom. The second-order valence-corrected chi connectivity index (χ2v) is 5.44. The van der Waals surface area contributed by atoms with Crippen LogP contribution in [0, 0.1) is 0 Å². The standard InChI is InChI=1S/C16H19N3O2/c20-15-7-9-19(14-6-2-1-5-13(14)15)11-16(21)18-12-4-3-8-17-10-12/h1-2,5-7,9,12,17H,3-4,8,10-11H2,(H,18,21)/t12-/m0/s1. The van der Waals surface area contributed by atoms with Crippen molar-refractivity contribution < 1.29 is 4.79 Å². The van der Waals surface area contributed by atoms with Crippen LogP contribution in [0.3, 0.4) is 0 Å². The smallest absolute Gasteiger partial charge is 0.240 e. The van der Waals surface area contributed by atoms with E-state index in [9.17, 15) is 9.59 Å². The van der Waals surface area contributed by atoms with Gasteiger partial charge >= 0.3 is 0 Å². The van der Waals surface area contributed by atoms with Crippen molar-refractivity contribution >= 4 is 16.8 Å². The fourth-order valence-corrected chi connectivity index (χ4v) is 2.80. The van der Waals surface area contributed by atoms with Gasteiger partial charge in [-0.05, 0) is 31.5 Å². The van der Waals surface area contributed by atoms with Crippen molar-refractivity contribution in [3.8, 4) is 0 Å². The lowest BCUT2D eigenvalue weighted by atomic mass is 10.1. The van der Waals surface area contributed by atoms with Gasteiger partial charge in [-0.1, -0.05) is 12.1 Å². The van der Waals surface area contributed by atoms with Crippen LogP contribution in [-0.4, -0.2) is 29.6 Å². The van der Waals surface area contributed by atoms with Gasteiger partial charge in [0.15, 0.2) is 5.43 Å². The highest BCUT2D eigenvalue weighted by Crippen LogP contribution is 2.09. The van der Waals surface area contributed by atoms with Crippen molar-refractivity contribution in [2.75, 3.05) is 13.1 Å². The molecule has 0 saturated carbocycles. The largest absolute Gasteiger partial charge is 0.351 e. The minimum Gasteiger partial charge on any atom is -0.351 e. The number of nitrogens with zero attached hydrogens (tertiary/aromatic N) is 1. The van der Waals surface area contributed by atoms with Gasteiger partial charge in [0.2, 0.25) is 5.91 Å². The van der Waals surface area contributed by atoms with E-state index in [1.807, 2.05) is 22.8 Å². The third-order valence-electron chi connectivity index (χ3n) is 3.86. The van der Waals surface area contributed by atoms with E-state index in [-0.39, 0.29) is 23.9 Å². The summed E-state index contributed by atoms with van der Waals surface area (Å²) < 4.78 is 1.82. The highest BCUT2D eigenvalue weighted by molar-refractivity contribution is 5.82. The number of benzene rings is 1. The Morgan fingerprint density at radius 2 is 2.19 bits per heavy atom. The van der Waals surface area contributed by atoms with Crippen molar-refractivity contribution in [1.29, 1.82) is 0 Å². The van der Waals surface area contributed by atoms with Gasteiger partial charge in [-0.3, -0.25) is 9.59 Å². The van der Waals surface area contributed by atoms with Crippen molar-refractivity contribution in [1.82, 2.24) is 15.2 Å². The number of aromatic nitrogens is 1. The molecule has 21 heavy (non-hydrogen) atoms. The number of rotatable bonds is 3. The van der Waals surface area contributed by atoms with E-state index in [0.717, 1.165) is 31.4 Å². The van der Waals surface area contributed by atoms with Crippen LogP contribution in [0.4, 0.5) is 0 Å².